The summed E-state index contributed by atoms with van der Waals surface area (Å²) in [4.78, 5) is 1.09. The normalized spacial score (nSPS) is 24.8. The Kier molecular flexibility index (Phi) is 2.98. The van der Waals surface area contributed by atoms with Gasteiger partial charge in [-0.3, -0.25) is 0 Å². The highest BCUT2D eigenvalue weighted by Gasteiger charge is 2.19. The highest BCUT2D eigenvalue weighted by atomic mass is 32.1. The van der Waals surface area contributed by atoms with Crippen LogP contribution in [0.4, 0.5) is 0 Å². The number of hydrogen-bond donors (Lipinski definition) is 2. The molecule has 0 unspecified atom stereocenters. The van der Waals surface area contributed by atoms with Crippen LogP contribution in [0.1, 0.15) is 30.2 Å². The lowest BCUT2D eigenvalue weighted by Crippen LogP contribution is -2.23. The van der Waals surface area contributed by atoms with Crippen molar-refractivity contribution in [2.45, 2.75) is 31.4 Å². The molecule has 0 amide bonds. The molecule has 1 aromatic rings. The van der Waals surface area contributed by atoms with Crippen LogP contribution >= 0.6 is 11.3 Å². The molecule has 3 heteroatoms. The molecule has 0 aromatic carbocycles. The molecule has 1 saturated heterocycles. The molecule has 0 spiro atoms. The monoisotopic (exact) mass is 197 g/mol. The van der Waals surface area contributed by atoms with Crippen molar-refractivity contribution in [1.29, 1.82) is 0 Å². The zero-order valence-electron chi connectivity index (χ0n) is 7.57. The Morgan fingerprint density at radius 2 is 2.62 bits per heavy atom. The third-order valence-corrected chi connectivity index (χ3v) is 3.52. The molecular formula is C10H15NOS. The largest absolute Gasteiger partial charge is 0.388 e. The van der Waals surface area contributed by atoms with Gasteiger partial charge in [-0.2, -0.15) is 0 Å². The standard InChI is InChI=1S/C10H15NOS/c12-9(10-4-2-6-13-10)7-8-3-1-5-11-8/h2,4,6,8-9,11-12H,1,3,5,7H2/t8-,9+/m0/s1. The molecule has 2 N–H and O–H groups in total. The summed E-state index contributed by atoms with van der Waals surface area (Å²) in [5.74, 6) is 0. The molecule has 1 aliphatic rings. The Balaban J connectivity index is 1.87. The van der Waals surface area contributed by atoms with Gasteiger partial charge in [0.15, 0.2) is 0 Å². The Labute approximate surface area is 82.6 Å². The minimum Gasteiger partial charge on any atom is -0.388 e. The molecule has 72 valence electrons. The van der Waals surface area contributed by atoms with Gasteiger partial charge in [-0.25, -0.2) is 0 Å². The Morgan fingerprint density at radius 1 is 1.69 bits per heavy atom. The Morgan fingerprint density at radius 3 is 3.23 bits per heavy atom. The van der Waals surface area contributed by atoms with Gasteiger partial charge in [0, 0.05) is 10.9 Å². The van der Waals surface area contributed by atoms with Crippen LogP contribution in [-0.2, 0) is 0 Å². The number of aliphatic hydroxyl groups is 1. The van der Waals surface area contributed by atoms with Crippen LogP contribution in [0.5, 0.6) is 0 Å². The van der Waals surface area contributed by atoms with E-state index in [2.05, 4.69) is 5.32 Å². The van der Waals surface area contributed by atoms with Crippen molar-refractivity contribution in [3.63, 3.8) is 0 Å². The molecule has 2 atom stereocenters. The predicted molar refractivity (Wildman–Crippen MR) is 54.9 cm³/mol. The molecule has 2 heterocycles. The van der Waals surface area contributed by atoms with E-state index in [1.165, 1.54) is 12.8 Å². The first kappa shape index (κ1) is 9.19. The lowest BCUT2D eigenvalue weighted by atomic mass is 10.1. The van der Waals surface area contributed by atoms with Gasteiger partial charge in [0.25, 0.3) is 0 Å². The number of nitrogens with one attached hydrogen (secondary N) is 1. The van der Waals surface area contributed by atoms with E-state index < -0.39 is 0 Å². The molecule has 1 fully saturated rings. The zero-order valence-corrected chi connectivity index (χ0v) is 8.39. The number of aliphatic hydroxyl groups excluding tert-OH is 1. The first-order valence-corrected chi connectivity index (χ1v) is 5.69. The first-order chi connectivity index (χ1) is 6.36. The van der Waals surface area contributed by atoms with E-state index in [1.807, 2.05) is 17.5 Å². The quantitative estimate of drug-likeness (QED) is 0.776. The topological polar surface area (TPSA) is 32.3 Å². The highest BCUT2D eigenvalue weighted by molar-refractivity contribution is 7.10. The number of hydrogen-bond acceptors (Lipinski definition) is 3. The maximum absolute atomic E-state index is 9.84. The SMILES string of the molecule is O[C@H](C[C@@H]1CCCN1)c1cccs1. The van der Waals surface area contributed by atoms with Crippen LogP contribution in [0.2, 0.25) is 0 Å². The van der Waals surface area contributed by atoms with Crippen LogP contribution in [0.25, 0.3) is 0 Å². The summed E-state index contributed by atoms with van der Waals surface area (Å²) in [6, 6.07) is 4.52. The molecule has 0 aliphatic carbocycles. The molecule has 0 saturated carbocycles. The minimum absolute atomic E-state index is 0.268. The summed E-state index contributed by atoms with van der Waals surface area (Å²) >= 11 is 1.64. The van der Waals surface area contributed by atoms with Crippen molar-refractivity contribution in [3.8, 4) is 0 Å². The average molecular weight is 197 g/mol. The molecule has 13 heavy (non-hydrogen) atoms. The summed E-state index contributed by atoms with van der Waals surface area (Å²) in [7, 11) is 0. The van der Waals surface area contributed by atoms with E-state index in [-0.39, 0.29) is 6.10 Å². The minimum atomic E-state index is -0.268. The van der Waals surface area contributed by atoms with Crippen LogP contribution in [0.15, 0.2) is 17.5 Å². The molecule has 0 bridgehead atoms. The van der Waals surface area contributed by atoms with Gasteiger partial charge in [-0.1, -0.05) is 6.07 Å². The van der Waals surface area contributed by atoms with Crippen LogP contribution in [0, 0.1) is 0 Å². The van der Waals surface area contributed by atoms with Crippen molar-refractivity contribution < 1.29 is 5.11 Å². The van der Waals surface area contributed by atoms with Gasteiger partial charge in [-0.15, -0.1) is 11.3 Å². The van der Waals surface area contributed by atoms with Crippen LogP contribution in [0.3, 0.4) is 0 Å². The molecule has 1 aromatic heterocycles. The Bertz CT molecular complexity index is 241. The second-order valence-corrected chi connectivity index (χ2v) is 4.54. The van der Waals surface area contributed by atoms with Gasteiger partial charge in [0.1, 0.15) is 0 Å². The Hall–Kier alpha value is -0.380. The van der Waals surface area contributed by atoms with E-state index in [9.17, 15) is 5.11 Å². The van der Waals surface area contributed by atoms with Crippen molar-refractivity contribution in [1.82, 2.24) is 5.32 Å². The lowest BCUT2D eigenvalue weighted by molar-refractivity contribution is 0.158. The highest BCUT2D eigenvalue weighted by Crippen LogP contribution is 2.25. The lowest BCUT2D eigenvalue weighted by Gasteiger charge is -2.14. The van der Waals surface area contributed by atoms with E-state index in [0.717, 1.165) is 17.8 Å². The maximum Gasteiger partial charge on any atom is 0.0896 e. The summed E-state index contributed by atoms with van der Waals surface area (Å²) < 4.78 is 0. The van der Waals surface area contributed by atoms with Gasteiger partial charge in [0.05, 0.1) is 6.10 Å². The van der Waals surface area contributed by atoms with E-state index in [0.29, 0.717) is 6.04 Å². The number of thiophene rings is 1. The summed E-state index contributed by atoms with van der Waals surface area (Å²) in [5, 5.41) is 15.2. The van der Waals surface area contributed by atoms with Crippen molar-refractivity contribution in [3.05, 3.63) is 22.4 Å². The van der Waals surface area contributed by atoms with Gasteiger partial charge >= 0.3 is 0 Å². The van der Waals surface area contributed by atoms with E-state index in [4.69, 9.17) is 0 Å². The van der Waals surface area contributed by atoms with Crippen molar-refractivity contribution in [2.75, 3.05) is 6.54 Å². The molecule has 0 radical (unpaired) electrons. The van der Waals surface area contributed by atoms with Gasteiger partial charge in [0.2, 0.25) is 0 Å². The fourth-order valence-corrected chi connectivity index (χ4v) is 2.55. The third-order valence-electron chi connectivity index (χ3n) is 2.54. The molecular weight excluding hydrogens is 182 g/mol. The second-order valence-electron chi connectivity index (χ2n) is 3.56. The average Bonchev–Trinajstić information content (AvgIpc) is 2.74. The van der Waals surface area contributed by atoms with Crippen molar-refractivity contribution >= 4 is 11.3 Å². The third kappa shape index (κ3) is 2.30. The van der Waals surface area contributed by atoms with E-state index in [1.54, 1.807) is 11.3 Å². The first-order valence-electron chi connectivity index (χ1n) is 4.81. The smallest absolute Gasteiger partial charge is 0.0896 e. The summed E-state index contributed by atoms with van der Waals surface area (Å²) in [6.07, 6.45) is 3.06. The molecule has 1 aliphatic heterocycles. The molecule has 2 rings (SSSR count). The summed E-state index contributed by atoms with van der Waals surface area (Å²) in [5.41, 5.74) is 0. The number of rotatable bonds is 3. The molecule has 2 nitrogen and oxygen atoms in total. The van der Waals surface area contributed by atoms with Gasteiger partial charge in [-0.05, 0) is 37.3 Å². The van der Waals surface area contributed by atoms with Crippen LogP contribution < -0.4 is 5.32 Å². The van der Waals surface area contributed by atoms with E-state index >= 15 is 0 Å². The van der Waals surface area contributed by atoms with Gasteiger partial charge < -0.3 is 10.4 Å². The van der Waals surface area contributed by atoms with Crippen molar-refractivity contribution in [2.24, 2.45) is 0 Å². The van der Waals surface area contributed by atoms with Crippen LogP contribution in [-0.4, -0.2) is 17.7 Å². The maximum atomic E-state index is 9.84. The predicted octanol–water partition coefficient (Wildman–Crippen LogP) is 1.92. The second kappa shape index (κ2) is 4.22. The summed E-state index contributed by atoms with van der Waals surface area (Å²) in [6.45, 7) is 1.11. The fourth-order valence-electron chi connectivity index (χ4n) is 1.82. The fraction of sp³-hybridized carbons (Fsp3) is 0.600. The zero-order chi connectivity index (χ0) is 9.10.